The second-order valence-corrected chi connectivity index (χ2v) is 6.56. The molecule has 0 radical (unpaired) electrons. The Labute approximate surface area is 142 Å². The molecule has 0 saturated heterocycles. The summed E-state index contributed by atoms with van der Waals surface area (Å²) in [7, 11) is 0. The first-order valence-corrected chi connectivity index (χ1v) is 7.86. The molecule has 132 valence electrons. The van der Waals surface area contributed by atoms with E-state index < -0.39 is 29.4 Å². The van der Waals surface area contributed by atoms with Gasteiger partial charge in [0, 0.05) is 5.92 Å². The number of amides is 1. The highest BCUT2D eigenvalue weighted by atomic mass is 16.6. The van der Waals surface area contributed by atoms with Crippen LogP contribution in [-0.2, 0) is 30.5 Å². The first-order valence-electron chi connectivity index (χ1n) is 7.86. The van der Waals surface area contributed by atoms with E-state index in [4.69, 9.17) is 9.47 Å². The number of hydrogen-bond donors (Lipinski definition) is 1. The average Bonchev–Trinajstić information content (AvgIpc) is 2.50. The van der Waals surface area contributed by atoms with E-state index in [1.807, 2.05) is 30.3 Å². The number of carbonyl (C=O) groups is 3. The Bertz CT molecular complexity index is 563. The van der Waals surface area contributed by atoms with Crippen LogP contribution < -0.4 is 5.32 Å². The van der Waals surface area contributed by atoms with E-state index in [1.54, 1.807) is 27.7 Å². The molecule has 6 nitrogen and oxygen atoms in total. The van der Waals surface area contributed by atoms with E-state index in [0.29, 0.717) is 0 Å². The Balaban J connectivity index is 2.30. The van der Waals surface area contributed by atoms with Crippen molar-refractivity contribution in [3.8, 4) is 0 Å². The molecule has 0 aliphatic heterocycles. The van der Waals surface area contributed by atoms with Gasteiger partial charge in [0.25, 0.3) is 0 Å². The molecular weight excluding hydrogens is 310 g/mol. The molecule has 1 rings (SSSR count). The van der Waals surface area contributed by atoms with Crippen LogP contribution in [0.15, 0.2) is 30.3 Å². The monoisotopic (exact) mass is 335 g/mol. The number of carbonyl (C=O) groups excluding carboxylic acids is 3. The van der Waals surface area contributed by atoms with Crippen molar-refractivity contribution >= 4 is 17.8 Å². The Hall–Kier alpha value is -2.37. The van der Waals surface area contributed by atoms with Gasteiger partial charge in [-0.25, -0.2) is 0 Å². The highest BCUT2D eigenvalue weighted by Crippen LogP contribution is 2.08. The van der Waals surface area contributed by atoms with Crippen molar-refractivity contribution in [2.45, 2.75) is 46.3 Å². The van der Waals surface area contributed by atoms with Crippen molar-refractivity contribution in [3.63, 3.8) is 0 Å². The Kier molecular flexibility index (Phi) is 7.42. The highest BCUT2D eigenvalue weighted by molar-refractivity contribution is 5.86. The van der Waals surface area contributed by atoms with Gasteiger partial charge in [0.1, 0.15) is 18.8 Å². The molecule has 1 aromatic rings. The fourth-order valence-electron chi connectivity index (χ4n) is 1.85. The summed E-state index contributed by atoms with van der Waals surface area (Å²) in [5.41, 5.74) is 0.280. The zero-order valence-electron chi connectivity index (χ0n) is 14.6. The van der Waals surface area contributed by atoms with Crippen LogP contribution >= 0.6 is 0 Å². The molecule has 1 atom stereocenters. The molecule has 0 unspecified atom stereocenters. The lowest BCUT2D eigenvalue weighted by atomic mass is 10.1. The Morgan fingerprint density at radius 3 is 2.29 bits per heavy atom. The van der Waals surface area contributed by atoms with Crippen LogP contribution in [0.25, 0.3) is 0 Å². The predicted molar refractivity (Wildman–Crippen MR) is 88.9 cm³/mol. The van der Waals surface area contributed by atoms with Crippen LogP contribution in [0.3, 0.4) is 0 Å². The van der Waals surface area contributed by atoms with Crippen LogP contribution in [0.4, 0.5) is 0 Å². The molecule has 1 amide bonds. The topological polar surface area (TPSA) is 81.7 Å². The molecule has 0 fully saturated rings. The van der Waals surface area contributed by atoms with Crippen molar-refractivity contribution < 1.29 is 23.9 Å². The number of nitrogens with one attached hydrogen (secondary N) is 1. The van der Waals surface area contributed by atoms with Gasteiger partial charge in [-0.3, -0.25) is 14.4 Å². The molecular formula is C18H25NO5. The maximum Gasteiger partial charge on any atom is 0.325 e. The second-order valence-electron chi connectivity index (χ2n) is 6.56. The first-order chi connectivity index (χ1) is 11.2. The summed E-state index contributed by atoms with van der Waals surface area (Å²) in [6, 6.07) is 9.29. The minimum atomic E-state index is -0.603. The highest BCUT2D eigenvalue weighted by Gasteiger charge is 2.20. The normalized spacial score (nSPS) is 12.2. The molecule has 0 bridgehead atoms. The number of benzene rings is 1. The molecule has 0 aliphatic rings. The van der Waals surface area contributed by atoms with Crippen LogP contribution in [0.1, 0.15) is 39.7 Å². The lowest BCUT2D eigenvalue weighted by Crippen LogP contribution is -2.37. The third-order valence-corrected chi connectivity index (χ3v) is 2.99. The summed E-state index contributed by atoms with van der Waals surface area (Å²) in [5.74, 6) is -1.96. The van der Waals surface area contributed by atoms with Crippen LogP contribution in [0, 0.1) is 5.92 Å². The van der Waals surface area contributed by atoms with Crippen LogP contribution in [0.5, 0.6) is 0 Å². The summed E-state index contributed by atoms with van der Waals surface area (Å²) in [5, 5.41) is 2.46. The fraction of sp³-hybridized carbons (Fsp3) is 0.500. The molecule has 0 saturated carbocycles. The molecule has 6 heteroatoms. The van der Waals surface area contributed by atoms with Gasteiger partial charge in [0.15, 0.2) is 0 Å². The zero-order valence-corrected chi connectivity index (χ0v) is 14.6. The largest absolute Gasteiger partial charge is 0.461 e. The van der Waals surface area contributed by atoms with Crippen molar-refractivity contribution in [2.75, 3.05) is 6.54 Å². The molecule has 0 spiro atoms. The molecule has 0 aromatic heterocycles. The first kappa shape index (κ1) is 19.7. The third kappa shape index (κ3) is 8.31. The van der Waals surface area contributed by atoms with E-state index in [9.17, 15) is 14.4 Å². The van der Waals surface area contributed by atoms with Crippen LogP contribution in [-0.4, -0.2) is 30.0 Å². The van der Waals surface area contributed by atoms with Gasteiger partial charge in [0.2, 0.25) is 5.91 Å². The predicted octanol–water partition coefficient (Wildman–Crippen LogP) is 2.21. The summed E-state index contributed by atoms with van der Waals surface area (Å²) in [6.07, 6.45) is -0.0486. The summed E-state index contributed by atoms with van der Waals surface area (Å²) >= 11 is 0. The Morgan fingerprint density at radius 1 is 1.08 bits per heavy atom. The Morgan fingerprint density at radius 2 is 1.71 bits per heavy atom. The minimum Gasteiger partial charge on any atom is -0.461 e. The summed E-state index contributed by atoms with van der Waals surface area (Å²) in [4.78, 5) is 35.2. The maximum atomic E-state index is 11.9. The van der Waals surface area contributed by atoms with Crippen LogP contribution in [0.2, 0.25) is 0 Å². The number of rotatable bonds is 7. The van der Waals surface area contributed by atoms with Gasteiger partial charge in [-0.05, 0) is 26.3 Å². The fourth-order valence-corrected chi connectivity index (χ4v) is 1.85. The third-order valence-electron chi connectivity index (χ3n) is 2.99. The quantitative estimate of drug-likeness (QED) is 0.773. The molecule has 1 N–H and O–H groups in total. The van der Waals surface area contributed by atoms with Gasteiger partial charge in [0.05, 0.1) is 6.42 Å². The van der Waals surface area contributed by atoms with E-state index in [1.165, 1.54) is 0 Å². The van der Waals surface area contributed by atoms with Gasteiger partial charge in [-0.2, -0.15) is 0 Å². The van der Waals surface area contributed by atoms with Crippen molar-refractivity contribution in [1.82, 2.24) is 5.32 Å². The van der Waals surface area contributed by atoms with Crippen molar-refractivity contribution in [3.05, 3.63) is 35.9 Å². The van der Waals surface area contributed by atoms with E-state index in [0.717, 1.165) is 5.56 Å². The summed E-state index contributed by atoms with van der Waals surface area (Å²) in [6.45, 7) is 6.80. The number of ether oxygens (including phenoxy) is 2. The molecule has 1 aromatic carbocycles. The molecule has 0 aliphatic carbocycles. The summed E-state index contributed by atoms with van der Waals surface area (Å²) < 4.78 is 10.2. The molecule has 24 heavy (non-hydrogen) atoms. The van der Waals surface area contributed by atoms with Gasteiger partial charge >= 0.3 is 11.9 Å². The van der Waals surface area contributed by atoms with E-state index in [2.05, 4.69) is 5.32 Å². The number of esters is 2. The minimum absolute atomic E-state index is 0.0486. The zero-order chi connectivity index (χ0) is 18.2. The van der Waals surface area contributed by atoms with E-state index in [-0.39, 0.29) is 19.6 Å². The molecule has 0 heterocycles. The smallest absolute Gasteiger partial charge is 0.325 e. The van der Waals surface area contributed by atoms with Gasteiger partial charge in [-0.1, -0.05) is 37.3 Å². The number of hydrogen-bond acceptors (Lipinski definition) is 5. The second kappa shape index (κ2) is 9.05. The lowest BCUT2D eigenvalue weighted by molar-refractivity contribution is -0.154. The lowest BCUT2D eigenvalue weighted by Gasteiger charge is -2.20. The van der Waals surface area contributed by atoms with Crippen molar-refractivity contribution in [2.24, 2.45) is 5.92 Å². The van der Waals surface area contributed by atoms with Crippen molar-refractivity contribution in [1.29, 1.82) is 0 Å². The standard InChI is InChI=1S/C18H25NO5/c1-13(17(22)19-11-16(21)24-18(2,3)4)10-15(20)23-12-14-8-6-5-7-9-14/h5-9,13H,10-12H2,1-4H3,(H,19,22)/t13-/m1/s1. The SMILES string of the molecule is C[C@H](CC(=O)OCc1ccccc1)C(=O)NCC(=O)OC(C)(C)C. The van der Waals surface area contributed by atoms with E-state index >= 15 is 0 Å². The maximum absolute atomic E-state index is 11.9. The van der Waals surface area contributed by atoms with Gasteiger partial charge in [-0.15, -0.1) is 0 Å². The van der Waals surface area contributed by atoms with Gasteiger partial charge < -0.3 is 14.8 Å². The average molecular weight is 335 g/mol.